The van der Waals surface area contributed by atoms with Crippen LogP contribution < -0.4 is 4.90 Å². The van der Waals surface area contributed by atoms with E-state index in [1.807, 2.05) is 18.0 Å². The zero-order valence-corrected chi connectivity index (χ0v) is 14.1. The number of hydrogen-bond donors (Lipinski definition) is 0. The maximum absolute atomic E-state index is 11.6. The molecule has 0 aromatic carbocycles. The van der Waals surface area contributed by atoms with Gasteiger partial charge in [0.05, 0.1) is 11.8 Å². The highest BCUT2D eigenvalue weighted by Crippen LogP contribution is 2.54. The molecule has 0 radical (unpaired) electrons. The van der Waals surface area contributed by atoms with Gasteiger partial charge in [-0.05, 0) is 24.3 Å². The van der Waals surface area contributed by atoms with Gasteiger partial charge in [-0.25, -0.2) is 0 Å². The van der Waals surface area contributed by atoms with E-state index in [9.17, 15) is 10.1 Å². The molecule has 1 fully saturated rings. The number of nitro groups is 1. The second-order valence-corrected chi connectivity index (χ2v) is 6.93. The minimum absolute atomic E-state index is 0.00456. The van der Waals surface area contributed by atoms with E-state index >= 15 is 0 Å². The van der Waals surface area contributed by atoms with Crippen LogP contribution in [0.25, 0.3) is 5.65 Å². The van der Waals surface area contributed by atoms with E-state index in [0.29, 0.717) is 11.5 Å². The van der Waals surface area contributed by atoms with Crippen LogP contribution in [0.2, 0.25) is 0 Å². The summed E-state index contributed by atoms with van der Waals surface area (Å²) in [5.74, 6) is 0.405. The zero-order chi connectivity index (χ0) is 17.0. The molecule has 0 spiro atoms. The predicted octanol–water partition coefficient (Wildman–Crippen LogP) is 2.88. The third-order valence-electron chi connectivity index (χ3n) is 5.69. The van der Waals surface area contributed by atoms with Gasteiger partial charge in [0.1, 0.15) is 0 Å². The van der Waals surface area contributed by atoms with Crippen LogP contribution in [0.15, 0.2) is 24.4 Å². The van der Waals surface area contributed by atoms with Crippen LogP contribution in [-0.2, 0) is 4.74 Å². The third-order valence-corrected chi connectivity index (χ3v) is 5.69. The Balaban J connectivity index is 2.04. The second-order valence-electron chi connectivity index (χ2n) is 6.93. The van der Waals surface area contributed by atoms with Gasteiger partial charge in [-0.1, -0.05) is 19.9 Å². The molecule has 0 N–H and O–H groups in total. The van der Waals surface area contributed by atoms with Gasteiger partial charge in [0.15, 0.2) is 0 Å². The molecule has 1 aliphatic carbocycles. The van der Waals surface area contributed by atoms with Gasteiger partial charge in [-0.3, -0.25) is 0 Å². The van der Waals surface area contributed by atoms with Crippen molar-refractivity contribution >= 4 is 17.3 Å². The lowest BCUT2D eigenvalue weighted by Gasteiger charge is -2.61. The van der Waals surface area contributed by atoms with Gasteiger partial charge < -0.3 is 19.8 Å². The van der Waals surface area contributed by atoms with Crippen molar-refractivity contribution in [3.05, 3.63) is 34.5 Å². The molecule has 3 rings (SSSR count). The fraction of sp³-hybridized carbons (Fsp3) is 0.562. The quantitative estimate of drug-likeness (QED) is 0.640. The number of methoxy groups -OCH3 is 1. The summed E-state index contributed by atoms with van der Waals surface area (Å²) < 4.78 is 7.18. The average molecular weight is 318 g/mol. The molecule has 0 bridgehead atoms. The van der Waals surface area contributed by atoms with Gasteiger partial charge >= 0.3 is 5.82 Å². The molecule has 1 saturated carbocycles. The first kappa shape index (κ1) is 15.7. The number of aromatic nitrogens is 2. The Kier molecular flexibility index (Phi) is 3.37. The molecule has 2 aromatic rings. The highest BCUT2D eigenvalue weighted by Gasteiger charge is 2.60. The summed E-state index contributed by atoms with van der Waals surface area (Å²) in [6.45, 7) is 6.33. The van der Waals surface area contributed by atoms with Gasteiger partial charge in [-0.15, -0.1) is 0 Å². The van der Waals surface area contributed by atoms with E-state index in [0.717, 1.165) is 6.42 Å². The summed E-state index contributed by atoms with van der Waals surface area (Å²) in [4.78, 5) is 17.6. The molecular formula is C16H22N4O3. The Hall–Kier alpha value is -2.15. The molecule has 0 unspecified atom stereocenters. The number of hydrogen-bond acceptors (Lipinski definition) is 5. The first-order valence-electron chi connectivity index (χ1n) is 7.62. The van der Waals surface area contributed by atoms with Crippen molar-refractivity contribution in [2.75, 3.05) is 19.1 Å². The highest BCUT2D eigenvalue weighted by atomic mass is 16.6. The lowest BCUT2D eigenvalue weighted by atomic mass is 9.55. The molecule has 0 amide bonds. The Bertz CT molecular complexity index is 770. The van der Waals surface area contributed by atoms with Gasteiger partial charge in [0.25, 0.3) is 0 Å². The van der Waals surface area contributed by atoms with Crippen molar-refractivity contribution < 1.29 is 9.66 Å². The smallest absolute Gasteiger partial charge is 0.372 e. The van der Waals surface area contributed by atoms with E-state index in [1.165, 1.54) is 4.40 Å². The number of pyridine rings is 1. The second kappa shape index (κ2) is 4.92. The SMILES string of the molecule is CO[C@]1(C)C[C@H](N(C)c2nc3ccccn3c2[N+](=O)[O-])C1(C)C. The monoisotopic (exact) mass is 318 g/mol. The maximum atomic E-state index is 11.6. The Labute approximate surface area is 135 Å². The minimum atomic E-state index is -0.368. The van der Waals surface area contributed by atoms with E-state index in [4.69, 9.17) is 4.74 Å². The Morgan fingerprint density at radius 1 is 1.43 bits per heavy atom. The van der Waals surface area contributed by atoms with Crippen LogP contribution in [0.3, 0.4) is 0 Å². The summed E-state index contributed by atoms with van der Waals surface area (Å²) in [5.41, 5.74) is 0.202. The van der Waals surface area contributed by atoms with Crippen molar-refractivity contribution in [3.63, 3.8) is 0 Å². The summed E-state index contributed by atoms with van der Waals surface area (Å²) in [5, 5.41) is 11.6. The normalized spacial score (nSPS) is 26.0. The summed E-state index contributed by atoms with van der Waals surface area (Å²) in [6.07, 6.45) is 2.47. The number of imidazole rings is 1. The number of nitrogens with zero attached hydrogens (tertiary/aromatic N) is 4. The maximum Gasteiger partial charge on any atom is 0.372 e. The van der Waals surface area contributed by atoms with Crippen LogP contribution in [0.5, 0.6) is 0 Å². The molecule has 124 valence electrons. The molecule has 2 heterocycles. The molecule has 2 atom stereocenters. The largest absolute Gasteiger partial charge is 0.378 e. The standard InChI is InChI=1S/C16H22N4O3/c1-15(2)11(10-16(15,3)23-5)18(4)13-14(20(21)22)19-9-7-6-8-12(19)17-13/h6-9,11H,10H2,1-5H3/t11-,16+/m0/s1. The fourth-order valence-corrected chi connectivity index (χ4v) is 3.60. The fourth-order valence-electron chi connectivity index (χ4n) is 3.60. The van der Waals surface area contributed by atoms with Crippen LogP contribution in [0.1, 0.15) is 27.2 Å². The molecule has 0 saturated heterocycles. The molecule has 7 heteroatoms. The summed E-state index contributed by atoms with van der Waals surface area (Å²) in [6, 6.07) is 5.48. The van der Waals surface area contributed by atoms with Gasteiger partial charge in [0, 0.05) is 31.7 Å². The first-order chi connectivity index (χ1) is 10.7. The highest BCUT2D eigenvalue weighted by molar-refractivity contribution is 5.64. The van der Waals surface area contributed by atoms with E-state index in [2.05, 4.69) is 25.8 Å². The van der Waals surface area contributed by atoms with E-state index < -0.39 is 0 Å². The minimum Gasteiger partial charge on any atom is -0.378 e. The van der Waals surface area contributed by atoms with E-state index in [-0.39, 0.29) is 27.8 Å². The van der Waals surface area contributed by atoms with Crippen LogP contribution in [-0.4, -0.2) is 40.1 Å². The van der Waals surface area contributed by atoms with Crippen molar-refractivity contribution in [2.24, 2.45) is 5.41 Å². The number of fused-ring (bicyclic) bond motifs is 1. The molecule has 23 heavy (non-hydrogen) atoms. The average Bonchev–Trinajstić information content (AvgIpc) is 2.91. The molecule has 2 aromatic heterocycles. The van der Waals surface area contributed by atoms with Crippen LogP contribution in [0.4, 0.5) is 11.6 Å². The molecule has 1 aliphatic rings. The van der Waals surface area contributed by atoms with Crippen molar-refractivity contribution in [1.82, 2.24) is 9.38 Å². The van der Waals surface area contributed by atoms with Gasteiger partial charge in [-0.2, -0.15) is 9.38 Å². The molecule has 0 aliphatic heterocycles. The summed E-state index contributed by atoms with van der Waals surface area (Å²) >= 11 is 0. The third kappa shape index (κ3) is 2.03. The number of rotatable bonds is 4. The zero-order valence-electron chi connectivity index (χ0n) is 14.1. The van der Waals surface area contributed by atoms with Gasteiger partial charge in [0.2, 0.25) is 11.5 Å². The van der Waals surface area contributed by atoms with Crippen molar-refractivity contribution in [1.29, 1.82) is 0 Å². The number of anilines is 1. The molecular weight excluding hydrogens is 296 g/mol. The van der Waals surface area contributed by atoms with E-state index in [1.54, 1.807) is 25.4 Å². The lowest BCUT2D eigenvalue weighted by Crippen LogP contribution is -2.68. The summed E-state index contributed by atoms with van der Waals surface area (Å²) in [7, 11) is 3.59. The Morgan fingerprint density at radius 2 is 2.13 bits per heavy atom. The predicted molar refractivity (Wildman–Crippen MR) is 87.8 cm³/mol. The topological polar surface area (TPSA) is 72.9 Å². The first-order valence-corrected chi connectivity index (χ1v) is 7.62. The number of ether oxygens (including phenoxy) is 1. The van der Waals surface area contributed by atoms with Crippen molar-refractivity contribution in [2.45, 2.75) is 38.8 Å². The van der Waals surface area contributed by atoms with Crippen molar-refractivity contribution in [3.8, 4) is 0 Å². The van der Waals surface area contributed by atoms with Crippen LogP contribution in [0, 0.1) is 15.5 Å². The Morgan fingerprint density at radius 3 is 2.70 bits per heavy atom. The lowest BCUT2D eigenvalue weighted by molar-refractivity contribution is -0.389. The molecule has 7 nitrogen and oxygen atoms in total. The van der Waals surface area contributed by atoms with Crippen LogP contribution >= 0.6 is 0 Å².